The Morgan fingerprint density at radius 2 is 1.04 bits per heavy atom. The van der Waals surface area contributed by atoms with Gasteiger partial charge in [-0.25, -0.2) is 0 Å². The van der Waals surface area contributed by atoms with Crippen LogP contribution in [0.1, 0.15) is 12.8 Å². The molecule has 28 heavy (non-hydrogen) atoms. The number of carbonyl (C=O) groups is 2. The minimum Gasteiger partial charge on any atom is -0.486 e. The fourth-order valence-corrected chi connectivity index (χ4v) is 2.92. The predicted molar refractivity (Wildman–Crippen MR) is 101 cm³/mol. The second-order valence-electron chi connectivity index (χ2n) is 6.31. The Kier molecular flexibility index (Phi) is 5.18. The summed E-state index contributed by atoms with van der Waals surface area (Å²) >= 11 is 0. The Hall–Kier alpha value is -3.42. The number of hydrogen-bond acceptors (Lipinski definition) is 6. The first kappa shape index (κ1) is 18.0. The van der Waals surface area contributed by atoms with Crippen molar-refractivity contribution in [1.29, 1.82) is 0 Å². The summed E-state index contributed by atoms with van der Waals surface area (Å²) in [7, 11) is 0. The van der Waals surface area contributed by atoms with Crippen molar-refractivity contribution in [3.05, 3.63) is 36.4 Å². The van der Waals surface area contributed by atoms with E-state index in [0.717, 1.165) is 0 Å². The highest BCUT2D eigenvalue weighted by Gasteiger charge is 2.15. The Balaban J connectivity index is 1.27. The Labute approximate surface area is 161 Å². The van der Waals surface area contributed by atoms with Gasteiger partial charge in [-0.15, -0.1) is 0 Å². The Morgan fingerprint density at radius 3 is 1.46 bits per heavy atom. The summed E-state index contributed by atoms with van der Waals surface area (Å²) in [5.41, 5.74) is 1.20. The lowest BCUT2D eigenvalue weighted by Crippen LogP contribution is -2.19. The highest BCUT2D eigenvalue weighted by Crippen LogP contribution is 2.33. The summed E-state index contributed by atoms with van der Waals surface area (Å²) < 4.78 is 21.9. The van der Waals surface area contributed by atoms with Crippen LogP contribution in [0.4, 0.5) is 11.4 Å². The van der Waals surface area contributed by atoms with Crippen molar-refractivity contribution in [2.45, 2.75) is 12.8 Å². The van der Waals surface area contributed by atoms with E-state index in [-0.39, 0.29) is 24.7 Å². The molecule has 146 valence electrons. The Bertz CT molecular complexity index is 825. The minimum absolute atomic E-state index is 0.0603. The van der Waals surface area contributed by atoms with Crippen molar-refractivity contribution in [2.75, 3.05) is 37.1 Å². The van der Waals surface area contributed by atoms with E-state index in [1.165, 1.54) is 0 Å². The van der Waals surface area contributed by atoms with Crippen LogP contribution in [0.25, 0.3) is 0 Å². The van der Waals surface area contributed by atoms with Gasteiger partial charge < -0.3 is 29.6 Å². The number of ether oxygens (including phenoxy) is 4. The first-order valence-electron chi connectivity index (χ1n) is 9.06. The molecule has 0 aromatic heterocycles. The third-order valence-corrected chi connectivity index (χ3v) is 4.23. The van der Waals surface area contributed by atoms with Crippen LogP contribution in [0, 0.1) is 0 Å². The monoisotopic (exact) mass is 384 g/mol. The average molecular weight is 384 g/mol. The summed E-state index contributed by atoms with van der Waals surface area (Å²) in [6, 6.07) is 10.4. The van der Waals surface area contributed by atoms with Gasteiger partial charge in [0.25, 0.3) is 0 Å². The van der Waals surface area contributed by atoms with Crippen molar-refractivity contribution < 1.29 is 28.5 Å². The standard InChI is InChI=1S/C20H20N2O6/c23-19(21-13-1-3-15-17(11-13)27-9-7-25-15)5-6-20(24)22-14-2-4-16-18(12-14)28-10-8-26-16/h1-4,11-12H,5-10H2,(H,21,23)(H,22,24). The molecule has 0 saturated carbocycles. The molecule has 0 spiro atoms. The van der Waals surface area contributed by atoms with Gasteiger partial charge in [-0.05, 0) is 24.3 Å². The molecule has 2 amide bonds. The van der Waals surface area contributed by atoms with E-state index in [1.54, 1.807) is 36.4 Å². The molecule has 8 nitrogen and oxygen atoms in total. The highest BCUT2D eigenvalue weighted by atomic mass is 16.6. The van der Waals surface area contributed by atoms with Crippen molar-refractivity contribution in [1.82, 2.24) is 0 Å². The van der Waals surface area contributed by atoms with Crippen LogP contribution in [0.3, 0.4) is 0 Å². The van der Waals surface area contributed by atoms with E-state index in [1.807, 2.05) is 0 Å². The molecular formula is C20H20N2O6. The lowest BCUT2D eigenvalue weighted by Gasteiger charge is -2.19. The fourth-order valence-electron chi connectivity index (χ4n) is 2.92. The first-order chi connectivity index (χ1) is 13.7. The van der Waals surface area contributed by atoms with Crippen LogP contribution >= 0.6 is 0 Å². The van der Waals surface area contributed by atoms with Gasteiger partial charge in [0.1, 0.15) is 26.4 Å². The number of anilines is 2. The second kappa shape index (κ2) is 8.08. The molecule has 2 aliphatic rings. The number of fused-ring (bicyclic) bond motifs is 2. The summed E-state index contributed by atoms with van der Waals surface area (Å²) in [5, 5.41) is 5.52. The highest BCUT2D eigenvalue weighted by molar-refractivity contribution is 5.97. The van der Waals surface area contributed by atoms with Gasteiger partial charge in [-0.1, -0.05) is 0 Å². The number of nitrogens with one attached hydrogen (secondary N) is 2. The summed E-state index contributed by atoms with van der Waals surface area (Å²) in [5.74, 6) is 2.00. The summed E-state index contributed by atoms with van der Waals surface area (Å²) in [6.45, 7) is 1.98. The number of benzene rings is 2. The minimum atomic E-state index is -0.256. The van der Waals surface area contributed by atoms with Gasteiger partial charge in [0.15, 0.2) is 23.0 Å². The smallest absolute Gasteiger partial charge is 0.224 e. The maximum Gasteiger partial charge on any atom is 0.224 e. The number of carbonyl (C=O) groups excluding carboxylic acids is 2. The van der Waals surface area contributed by atoms with Crippen LogP contribution in [0.15, 0.2) is 36.4 Å². The lowest BCUT2D eigenvalue weighted by atomic mass is 10.2. The van der Waals surface area contributed by atoms with Gasteiger partial charge in [-0.2, -0.15) is 0 Å². The van der Waals surface area contributed by atoms with E-state index in [4.69, 9.17) is 18.9 Å². The maximum atomic E-state index is 12.1. The SMILES string of the molecule is O=C(CCC(=O)Nc1ccc2c(c1)OCCO2)Nc1ccc2c(c1)OCCO2. The van der Waals surface area contributed by atoms with Crippen LogP contribution < -0.4 is 29.6 Å². The lowest BCUT2D eigenvalue weighted by molar-refractivity contribution is -0.121. The van der Waals surface area contributed by atoms with E-state index in [9.17, 15) is 9.59 Å². The Morgan fingerprint density at radius 1 is 0.643 bits per heavy atom. The number of amides is 2. The van der Waals surface area contributed by atoms with E-state index < -0.39 is 0 Å². The third kappa shape index (κ3) is 4.28. The van der Waals surface area contributed by atoms with Crippen LogP contribution in [-0.4, -0.2) is 38.2 Å². The molecule has 2 heterocycles. The molecule has 8 heteroatoms. The summed E-state index contributed by atoms with van der Waals surface area (Å²) in [4.78, 5) is 24.3. The van der Waals surface area contributed by atoms with E-state index >= 15 is 0 Å². The predicted octanol–water partition coefficient (Wildman–Crippen LogP) is 2.59. The molecule has 4 rings (SSSR count). The van der Waals surface area contributed by atoms with Crippen LogP contribution in [0.2, 0.25) is 0 Å². The molecule has 2 aromatic rings. The molecule has 2 aliphatic heterocycles. The number of hydrogen-bond donors (Lipinski definition) is 2. The fraction of sp³-hybridized carbons (Fsp3) is 0.300. The molecule has 2 N–H and O–H groups in total. The van der Waals surface area contributed by atoms with Crippen molar-refractivity contribution in [3.8, 4) is 23.0 Å². The largest absolute Gasteiger partial charge is 0.486 e. The molecule has 0 bridgehead atoms. The molecule has 2 aromatic carbocycles. The van der Waals surface area contributed by atoms with Crippen molar-refractivity contribution >= 4 is 23.2 Å². The summed E-state index contributed by atoms with van der Waals surface area (Å²) in [6.07, 6.45) is 0.121. The molecule has 0 fully saturated rings. The zero-order chi connectivity index (χ0) is 19.3. The van der Waals surface area contributed by atoms with Gasteiger partial charge in [0.2, 0.25) is 11.8 Å². The van der Waals surface area contributed by atoms with Crippen LogP contribution in [0.5, 0.6) is 23.0 Å². The van der Waals surface area contributed by atoms with Gasteiger partial charge in [0, 0.05) is 36.3 Å². The molecule has 0 saturated heterocycles. The first-order valence-corrected chi connectivity index (χ1v) is 9.06. The zero-order valence-corrected chi connectivity index (χ0v) is 15.2. The zero-order valence-electron chi connectivity index (χ0n) is 15.2. The molecule has 0 aliphatic carbocycles. The molecule has 0 radical (unpaired) electrons. The second-order valence-corrected chi connectivity index (χ2v) is 6.31. The normalized spacial score (nSPS) is 14.1. The van der Waals surface area contributed by atoms with E-state index in [0.29, 0.717) is 60.8 Å². The molecular weight excluding hydrogens is 364 g/mol. The van der Waals surface area contributed by atoms with Crippen LogP contribution in [-0.2, 0) is 9.59 Å². The van der Waals surface area contributed by atoms with Gasteiger partial charge in [0.05, 0.1) is 0 Å². The molecule has 0 atom stereocenters. The maximum absolute atomic E-state index is 12.1. The van der Waals surface area contributed by atoms with Gasteiger partial charge >= 0.3 is 0 Å². The van der Waals surface area contributed by atoms with Crippen molar-refractivity contribution in [3.63, 3.8) is 0 Å². The average Bonchev–Trinajstić information content (AvgIpc) is 2.72. The quantitative estimate of drug-likeness (QED) is 0.823. The molecule has 0 unspecified atom stereocenters. The third-order valence-electron chi connectivity index (χ3n) is 4.23. The van der Waals surface area contributed by atoms with E-state index in [2.05, 4.69) is 10.6 Å². The number of rotatable bonds is 5. The van der Waals surface area contributed by atoms with Gasteiger partial charge in [-0.3, -0.25) is 9.59 Å². The topological polar surface area (TPSA) is 95.1 Å². The van der Waals surface area contributed by atoms with Crippen molar-refractivity contribution in [2.24, 2.45) is 0 Å².